The van der Waals surface area contributed by atoms with Crippen molar-refractivity contribution in [1.82, 2.24) is 24.7 Å². The molecule has 0 aliphatic rings. The van der Waals surface area contributed by atoms with Crippen LogP contribution in [0.25, 0.3) is 0 Å². The summed E-state index contributed by atoms with van der Waals surface area (Å²) in [6.45, 7) is 0. The number of anilines is 1. The van der Waals surface area contributed by atoms with Gasteiger partial charge in [-0.2, -0.15) is 15.0 Å². The average molecular weight is 271 g/mol. The molecule has 0 amide bonds. The molecule has 0 spiro atoms. The minimum absolute atomic E-state index is 0.105. The number of nitrogens with two attached hydrogens (primary N) is 1. The summed E-state index contributed by atoms with van der Waals surface area (Å²) in [4.78, 5) is 11.7. The SMILES string of the molecule is Cn1cnc(Oc2nc(N)cc(Br)n2)n1. The van der Waals surface area contributed by atoms with E-state index < -0.39 is 0 Å². The van der Waals surface area contributed by atoms with Gasteiger partial charge in [0.1, 0.15) is 16.7 Å². The number of halogens is 1. The monoisotopic (exact) mass is 270 g/mol. The number of aromatic nitrogens is 5. The van der Waals surface area contributed by atoms with E-state index in [9.17, 15) is 0 Å². The van der Waals surface area contributed by atoms with Crippen LogP contribution in [0, 0.1) is 0 Å². The van der Waals surface area contributed by atoms with Gasteiger partial charge in [0.2, 0.25) is 0 Å². The van der Waals surface area contributed by atoms with Gasteiger partial charge in [-0.25, -0.2) is 0 Å². The second kappa shape index (κ2) is 3.81. The number of ether oxygens (including phenoxy) is 1. The first kappa shape index (κ1) is 9.84. The molecular formula is C7H7BrN6O. The summed E-state index contributed by atoms with van der Waals surface area (Å²) in [5.41, 5.74) is 5.51. The molecule has 0 unspecified atom stereocenters. The van der Waals surface area contributed by atoms with Crippen LogP contribution in [0.15, 0.2) is 17.0 Å². The number of hydrogen-bond acceptors (Lipinski definition) is 6. The summed E-state index contributed by atoms with van der Waals surface area (Å²) in [6.07, 6.45) is 1.51. The standard InChI is InChI=1S/C7H7BrN6O/c1-14-3-10-6(13-14)15-7-11-4(8)2-5(9)12-7/h2-3H,1H3,(H2,9,11,12). The maximum absolute atomic E-state index is 5.51. The maximum atomic E-state index is 5.51. The zero-order chi connectivity index (χ0) is 10.8. The molecule has 78 valence electrons. The van der Waals surface area contributed by atoms with E-state index in [0.717, 1.165) is 0 Å². The van der Waals surface area contributed by atoms with Crippen molar-refractivity contribution in [2.45, 2.75) is 0 Å². The molecule has 2 rings (SSSR count). The number of nitrogens with zero attached hydrogens (tertiary/aromatic N) is 5. The summed E-state index contributed by atoms with van der Waals surface area (Å²) >= 11 is 3.17. The van der Waals surface area contributed by atoms with Crippen LogP contribution in [0.4, 0.5) is 5.82 Å². The molecule has 15 heavy (non-hydrogen) atoms. The third kappa shape index (κ3) is 2.40. The van der Waals surface area contributed by atoms with Crippen LogP contribution in [-0.2, 0) is 7.05 Å². The van der Waals surface area contributed by atoms with Crippen LogP contribution < -0.4 is 10.5 Å². The van der Waals surface area contributed by atoms with Gasteiger partial charge < -0.3 is 10.5 Å². The first-order chi connectivity index (χ1) is 7.13. The van der Waals surface area contributed by atoms with Crippen molar-refractivity contribution in [3.63, 3.8) is 0 Å². The molecule has 2 heterocycles. The van der Waals surface area contributed by atoms with Gasteiger partial charge in [-0.3, -0.25) is 4.68 Å². The lowest BCUT2D eigenvalue weighted by Gasteiger charge is -2.00. The molecule has 0 bridgehead atoms. The summed E-state index contributed by atoms with van der Waals surface area (Å²) in [6, 6.07) is 1.85. The Bertz CT molecular complexity index is 464. The summed E-state index contributed by atoms with van der Waals surface area (Å²) < 4.78 is 7.24. The van der Waals surface area contributed by atoms with Crippen molar-refractivity contribution >= 4 is 21.7 Å². The van der Waals surface area contributed by atoms with Crippen molar-refractivity contribution < 1.29 is 4.74 Å². The minimum atomic E-state index is 0.105. The maximum Gasteiger partial charge on any atom is 0.343 e. The Morgan fingerprint density at radius 1 is 1.40 bits per heavy atom. The molecule has 0 saturated heterocycles. The quantitative estimate of drug-likeness (QED) is 0.810. The van der Waals surface area contributed by atoms with Crippen LogP contribution in [0.1, 0.15) is 0 Å². The fourth-order valence-corrected chi connectivity index (χ4v) is 1.29. The lowest BCUT2D eigenvalue weighted by molar-refractivity contribution is 0.404. The largest absolute Gasteiger partial charge is 0.387 e. The topological polar surface area (TPSA) is 91.7 Å². The molecule has 2 aromatic heterocycles. The number of hydrogen-bond donors (Lipinski definition) is 1. The number of nitrogen functional groups attached to an aromatic ring is 1. The van der Waals surface area contributed by atoms with Gasteiger partial charge in [0.15, 0.2) is 0 Å². The van der Waals surface area contributed by atoms with Gasteiger partial charge in [-0.1, -0.05) is 0 Å². The Balaban J connectivity index is 2.24. The van der Waals surface area contributed by atoms with E-state index in [1.54, 1.807) is 13.1 Å². The van der Waals surface area contributed by atoms with Crippen LogP contribution in [-0.4, -0.2) is 24.7 Å². The summed E-state index contributed by atoms with van der Waals surface area (Å²) in [7, 11) is 1.73. The Kier molecular flexibility index (Phi) is 2.50. The predicted octanol–water partition coefficient (Wildman–Crippen LogP) is 0.742. The smallest absolute Gasteiger partial charge is 0.343 e. The zero-order valence-electron chi connectivity index (χ0n) is 7.75. The Labute approximate surface area is 93.4 Å². The van der Waals surface area contributed by atoms with Crippen LogP contribution in [0.3, 0.4) is 0 Å². The highest BCUT2D eigenvalue weighted by Crippen LogP contribution is 2.17. The Morgan fingerprint density at radius 2 is 2.20 bits per heavy atom. The molecule has 7 nitrogen and oxygen atoms in total. The second-order valence-electron chi connectivity index (χ2n) is 2.70. The number of aryl methyl sites for hydroxylation is 1. The summed E-state index contributed by atoms with van der Waals surface area (Å²) in [5.74, 6) is 0.308. The molecule has 0 saturated carbocycles. The van der Waals surface area contributed by atoms with Crippen molar-refractivity contribution in [3.05, 3.63) is 17.0 Å². The molecule has 0 radical (unpaired) electrons. The van der Waals surface area contributed by atoms with E-state index in [-0.39, 0.29) is 12.0 Å². The first-order valence-corrected chi connectivity index (χ1v) is 4.76. The van der Waals surface area contributed by atoms with Gasteiger partial charge in [0.25, 0.3) is 0 Å². The number of rotatable bonds is 2. The van der Waals surface area contributed by atoms with Gasteiger partial charge in [0, 0.05) is 13.1 Å². The predicted molar refractivity (Wildman–Crippen MR) is 55.2 cm³/mol. The van der Waals surface area contributed by atoms with E-state index in [1.807, 2.05) is 0 Å². The molecule has 8 heteroatoms. The Hall–Kier alpha value is -1.70. The van der Waals surface area contributed by atoms with Gasteiger partial charge in [0.05, 0.1) is 0 Å². The molecule has 0 fully saturated rings. The van der Waals surface area contributed by atoms with Gasteiger partial charge >= 0.3 is 12.0 Å². The molecule has 0 aromatic carbocycles. The molecule has 0 aliphatic carbocycles. The highest BCUT2D eigenvalue weighted by Gasteiger charge is 2.06. The lowest BCUT2D eigenvalue weighted by Crippen LogP contribution is -1.98. The van der Waals surface area contributed by atoms with E-state index in [1.165, 1.54) is 11.0 Å². The highest BCUT2D eigenvalue weighted by molar-refractivity contribution is 9.10. The van der Waals surface area contributed by atoms with Gasteiger partial charge in [-0.15, -0.1) is 5.10 Å². The molecule has 0 atom stereocenters. The second-order valence-corrected chi connectivity index (χ2v) is 3.51. The summed E-state index contributed by atoms with van der Waals surface area (Å²) in [5, 5.41) is 3.91. The Morgan fingerprint density at radius 3 is 2.80 bits per heavy atom. The lowest BCUT2D eigenvalue weighted by atomic mass is 10.6. The third-order valence-electron chi connectivity index (χ3n) is 1.46. The highest BCUT2D eigenvalue weighted by atomic mass is 79.9. The third-order valence-corrected chi connectivity index (χ3v) is 1.86. The van der Waals surface area contributed by atoms with Crippen molar-refractivity contribution in [3.8, 4) is 12.0 Å². The van der Waals surface area contributed by atoms with E-state index in [2.05, 4.69) is 36.0 Å². The van der Waals surface area contributed by atoms with Crippen molar-refractivity contribution in [1.29, 1.82) is 0 Å². The van der Waals surface area contributed by atoms with Crippen molar-refractivity contribution in [2.24, 2.45) is 7.05 Å². The molecular weight excluding hydrogens is 264 g/mol. The van der Waals surface area contributed by atoms with Crippen LogP contribution >= 0.6 is 15.9 Å². The first-order valence-electron chi connectivity index (χ1n) is 3.97. The average Bonchev–Trinajstić information content (AvgIpc) is 2.49. The van der Waals surface area contributed by atoms with E-state index in [0.29, 0.717) is 10.4 Å². The fourth-order valence-electron chi connectivity index (χ4n) is 0.907. The molecule has 2 aromatic rings. The van der Waals surface area contributed by atoms with E-state index in [4.69, 9.17) is 10.5 Å². The normalized spacial score (nSPS) is 10.3. The van der Waals surface area contributed by atoms with Gasteiger partial charge in [-0.05, 0) is 15.9 Å². The van der Waals surface area contributed by atoms with Crippen LogP contribution in [0.5, 0.6) is 12.0 Å². The van der Waals surface area contributed by atoms with Crippen LogP contribution in [0.2, 0.25) is 0 Å². The van der Waals surface area contributed by atoms with E-state index >= 15 is 0 Å². The van der Waals surface area contributed by atoms with Crippen molar-refractivity contribution in [2.75, 3.05) is 5.73 Å². The molecule has 2 N–H and O–H groups in total. The fraction of sp³-hybridized carbons (Fsp3) is 0.143. The zero-order valence-corrected chi connectivity index (χ0v) is 9.34. The minimum Gasteiger partial charge on any atom is -0.387 e. The molecule has 0 aliphatic heterocycles.